The van der Waals surface area contributed by atoms with Gasteiger partial charge in [0, 0.05) is 22.8 Å². The molecule has 4 nitrogen and oxygen atoms in total. The molecule has 0 radical (unpaired) electrons. The third-order valence-electron chi connectivity index (χ3n) is 3.51. The van der Waals surface area contributed by atoms with Crippen LogP contribution in [-0.4, -0.2) is 20.1 Å². The van der Waals surface area contributed by atoms with E-state index in [-0.39, 0.29) is 11.7 Å². The molecule has 0 atom stereocenters. The summed E-state index contributed by atoms with van der Waals surface area (Å²) in [6, 6.07) is 9.56. The first-order chi connectivity index (χ1) is 10.6. The van der Waals surface area contributed by atoms with Crippen molar-refractivity contribution in [3.8, 4) is 11.5 Å². The van der Waals surface area contributed by atoms with E-state index in [1.807, 2.05) is 0 Å². The number of benzene rings is 2. The highest BCUT2D eigenvalue weighted by Gasteiger charge is 2.24. The van der Waals surface area contributed by atoms with E-state index in [2.05, 4.69) is 5.32 Å². The number of rotatable bonds is 3. The average molecular weight is 299 g/mol. The van der Waals surface area contributed by atoms with E-state index >= 15 is 0 Å². The van der Waals surface area contributed by atoms with Gasteiger partial charge in [-0.1, -0.05) is 0 Å². The predicted molar refractivity (Wildman–Crippen MR) is 82.4 cm³/mol. The lowest BCUT2D eigenvalue weighted by molar-refractivity contribution is -0.110. The topological polar surface area (TPSA) is 47.6 Å². The van der Waals surface area contributed by atoms with Crippen molar-refractivity contribution in [2.24, 2.45) is 0 Å². The van der Waals surface area contributed by atoms with Gasteiger partial charge in [-0.15, -0.1) is 0 Å². The summed E-state index contributed by atoms with van der Waals surface area (Å²) in [4.78, 5) is 12.1. The third-order valence-corrected chi connectivity index (χ3v) is 3.51. The maximum atomic E-state index is 13.2. The number of nitrogens with one attached hydrogen (secondary N) is 1. The summed E-state index contributed by atoms with van der Waals surface area (Å²) < 4.78 is 23.7. The van der Waals surface area contributed by atoms with Gasteiger partial charge < -0.3 is 14.8 Å². The fraction of sp³-hybridized carbons (Fsp3) is 0.118. The van der Waals surface area contributed by atoms with Gasteiger partial charge in [-0.05, 0) is 36.4 Å². The minimum atomic E-state index is -0.387. The molecular weight excluding hydrogens is 285 g/mol. The number of halogens is 1. The van der Waals surface area contributed by atoms with E-state index in [0.717, 1.165) is 5.56 Å². The molecule has 1 aliphatic heterocycles. The van der Waals surface area contributed by atoms with Crippen molar-refractivity contribution in [1.82, 2.24) is 0 Å². The van der Waals surface area contributed by atoms with Gasteiger partial charge in [-0.25, -0.2) is 4.39 Å². The molecule has 112 valence electrons. The minimum absolute atomic E-state index is 0.265. The van der Waals surface area contributed by atoms with Crippen molar-refractivity contribution < 1.29 is 18.7 Å². The maximum Gasteiger partial charge on any atom is 0.256 e. The normalized spacial score (nSPS) is 14.7. The van der Waals surface area contributed by atoms with Crippen molar-refractivity contribution in [2.75, 3.05) is 19.5 Å². The molecule has 1 amide bonds. The summed E-state index contributed by atoms with van der Waals surface area (Å²) in [6.45, 7) is 0. The van der Waals surface area contributed by atoms with Crippen molar-refractivity contribution in [3.63, 3.8) is 0 Å². The molecular formula is C17H14FNO3. The second-order valence-electron chi connectivity index (χ2n) is 4.81. The van der Waals surface area contributed by atoms with Crippen LogP contribution in [0.2, 0.25) is 0 Å². The molecule has 5 heteroatoms. The molecule has 0 unspecified atom stereocenters. The molecule has 0 fully saturated rings. The van der Waals surface area contributed by atoms with Crippen LogP contribution in [0.1, 0.15) is 11.1 Å². The molecule has 1 aliphatic rings. The molecule has 2 aromatic carbocycles. The first-order valence-electron chi connectivity index (χ1n) is 6.67. The zero-order valence-electron chi connectivity index (χ0n) is 12.1. The molecule has 0 spiro atoms. The molecule has 1 N–H and O–H groups in total. The molecule has 0 aliphatic carbocycles. The Kier molecular flexibility index (Phi) is 3.55. The average Bonchev–Trinajstić information content (AvgIpc) is 2.82. The van der Waals surface area contributed by atoms with Gasteiger partial charge in [0.2, 0.25) is 0 Å². The number of carbonyl (C=O) groups excluding carboxylic acids is 1. The quantitative estimate of drug-likeness (QED) is 0.884. The van der Waals surface area contributed by atoms with E-state index in [4.69, 9.17) is 9.47 Å². The van der Waals surface area contributed by atoms with E-state index in [9.17, 15) is 9.18 Å². The van der Waals surface area contributed by atoms with Crippen LogP contribution in [0.15, 0.2) is 36.4 Å². The number of hydrogen-bond acceptors (Lipinski definition) is 3. The summed E-state index contributed by atoms with van der Waals surface area (Å²) in [7, 11) is 3.12. The van der Waals surface area contributed by atoms with Crippen LogP contribution in [0.4, 0.5) is 10.1 Å². The first-order valence-corrected chi connectivity index (χ1v) is 6.67. The molecule has 2 aromatic rings. The van der Waals surface area contributed by atoms with Crippen molar-refractivity contribution >= 4 is 23.2 Å². The lowest BCUT2D eigenvalue weighted by Crippen LogP contribution is -2.03. The van der Waals surface area contributed by atoms with Gasteiger partial charge in [0.1, 0.15) is 17.3 Å². The number of anilines is 1. The van der Waals surface area contributed by atoms with E-state index in [1.54, 1.807) is 44.6 Å². The summed E-state index contributed by atoms with van der Waals surface area (Å²) >= 11 is 0. The van der Waals surface area contributed by atoms with Crippen molar-refractivity contribution in [3.05, 3.63) is 53.3 Å². The number of carbonyl (C=O) groups is 1. The van der Waals surface area contributed by atoms with Crippen LogP contribution in [0.3, 0.4) is 0 Å². The summed E-state index contributed by atoms with van der Waals surface area (Å²) in [5.41, 5.74) is 2.36. The van der Waals surface area contributed by atoms with Crippen LogP contribution in [0, 0.1) is 5.82 Å². The smallest absolute Gasteiger partial charge is 0.256 e. The van der Waals surface area contributed by atoms with Crippen molar-refractivity contribution in [2.45, 2.75) is 0 Å². The van der Waals surface area contributed by atoms with Gasteiger partial charge in [0.15, 0.2) is 0 Å². The molecule has 3 rings (SSSR count). The van der Waals surface area contributed by atoms with Crippen LogP contribution in [0.5, 0.6) is 11.5 Å². The highest BCUT2D eigenvalue weighted by atomic mass is 19.1. The largest absolute Gasteiger partial charge is 0.497 e. The molecule has 0 saturated heterocycles. The second-order valence-corrected chi connectivity index (χ2v) is 4.81. The fourth-order valence-electron chi connectivity index (χ4n) is 2.40. The van der Waals surface area contributed by atoms with Gasteiger partial charge in [-0.3, -0.25) is 4.79 Å². The number of fused-ring (bicyclic) bond motifs is 1. The first kappa shape index (κ1) is 14.1. The fourth-order valence-corrected chi connectivity index (χ4v) is 2.40. The Hall–Kier alpha value is -2.82. The molecule has 0 aromatic heterocycles. The summed E-state index contributed by atoms with van der Waals surface area (Å²) in [5, 5.41) is 2.66. The Morgan fingerprint density at radius 3 is 2.64 bits per heavy atom. The van der Waals surface area contributed by atoms with Gasteiger partial charge in [0.05, 0.1) is 19.9 Å². The zero-order valence-corrected chi connectivity index (χ0v) is 12.1. The summed E-state index contributed by atoms with van der Waals surface area (Å²) in [5.74, 6) is 0.605. The lowest BCUT2D eigenvalue weighted by atomic mass is 10.0. The number of ether oxygens (including phenoxy) is 2. The lowest BCUT2D eigenvalue weighted by Gasteiger charge is -2.08. The molecule has 0 saturated carbocycles. The Morgan fingerprint density at radius 1 is 1.09 bits per heavy atom. The Bertz CT molecular complexity index is 783. The van der Waals surface area contributed by atoms with Crippen LogP contribution < -0.4 is 14.8 Å². The maximum absolute atomic E-state index is 13.2. The Labute approximate surface area is 127 Å². The summed E-state index contributed by atoms with van der Waals surface area (Å²) in [6.07, 6.45) is 1.72. The predicted octanol–water partition coefficient (Wildman–Crippen LogP) is 3.34. The number of amides is 1. The zero-order chi connectivity index (χ0) is 15.7. The molecule has 0 bridgehead atoms. The highest BCUT2D eigenvalue weighted by molar-refractivity contribution is 6.35. The highest BCUT2D eigenvalue weighted by Crippen LogP contribution is 2.35. The number of methoxy groups -OCH3 is 2. The standard InChI is InChI=1S/C17H14FNO3/c1-21-12-5-3-10(16(9-12)22-2)7-14-13-6-4-11(18)8-15(13)19-17(14)20/h3-9H,1-2H3,(H,19,20)/b14-7+. The SMILES string of the molecule is COc1ccc(/C=C2/C(=O)Nc3cc(F)ccc32)c(OC)c1. The van der Waals surface area contributed by atoms with Gasteiger partial charge in [-0.2, -0.15) is 0 Å². The third kappa shape index (κ3) is 2.41. The number of hydrogen-bond donors (Lipinski definition) is 1. The van der Waals surface area contributed by atoms with E-state index in [1.165, 1.54) is 12.1 Å². The van der Waals surface area contributed by atoms with Gasteiger partial charge in [0.25, 0.3) is 5.91 Å². The van der Waals surface area contributed by atoms with E-state index < -0.39 is 0 Å². The second kappa shape index (κ2) is 5.52. The molecule has 22 heavy (non-hydrogen) atoms. The monoisotopic (exact) mass is 299 g/mol. The minimum Gasteiger partial charge on any atom is -0.497 e. The van der Waals surface area contributed by atoms with Gasteiger partial charge >= 0.3 is 0 Å². The van der Waals surface area contributed by atoms with Crippen LogP contribution >= 0.6 is 0 Å². The van der Waals surface area contributed by atoms with Crippen LogP contribution in [-0.2, 0) is 4.79 Å². The van der Waals surface area contributed by atoms with Crippen molar-refractivity contribution in [1.29, 1.82) is 0 Å². The van der Waals surface area contributed by atoms with E-state index in [0.29, 0.717) is 28.3 Å². The molecule has 1 heterocycles. The Morgan fingerprint density at radius 2 is 1.91 bits per heavy atom. The Balaban J connectivity index is 2.08. The van der Waals surface area contributed by atoms with Crippen LogP contribution in [0.25, 0.3) is 11.6 Å².